The first-order valence-corrected chi connectivity index (χ1v) is 11.3. The zero-order valence-corrected chi connectivity index (χ0v) is 18.4. The zero-order valence-electron chi connectivity index (χ0n) is 18.4. The summed E-state index contributed by atoms with van der Waals surface area (Å²) in [6.07, 6.45) is 8.11. The minimum Gasteiger partial charge on any atom is -0.468 e. The maximum Gasteiger partial charge on any atom is 0.123 e. The van der Waals surface area contributed by atoms with E-state index in [0.717, 1.165) is 56.8 Å². The van der Waals surface area contributed by atoms with Crippen molar-refractivity contribution in [3.8, 4) is 5.69 Å². The first-order valence-electron chi connectivity index (χ1n) is 11.3. The van der Waals surface area contributed by atoms with Crippen LogP contribution in [-0.4, -0.2) is 33.8 Å². The van der Waals surface area contributed by atoms with Crippen LogP contribution in [0, 0.1) is 11.2 Å². The number of hydrogen-bond donors (Lipinski definition) is 1. The summed E-state index contributed by atoms with van der Waals surface area (Å²) in [5, 5.41) is 8.66. The van der Waals surface area contributed by atoms with E-state index in [2.05, 4.69) is 30.1 Å². The molecule has 0 unspecified atom stereocenters. The molecular weight excluding hydrogens is 391 g/mol. The topological polar surface area (TPSA) is 46.2 Å². The lowest BCUT2D eigenvalue weighted by Gasteiger charge is -2.39. The van der Waals surface area contributed by atoms with Gasteiger partial charge in [-0.3, -0.25) is 4.90 Å². The molecule has 0 radical (unpaired) electrons. The molecule has 1 aliphatic heterocycles. The second-order valence-electron chi connectivity index (χ2n) is 9.83. The molecule has 3 aromatic rings. The molecule has 6 heteroatoms. The SMILES string of the molecule is CC1(C)Cc2c(cnn2-c2ccc(F)cc2)[C@@H](NC2CCN(Cc3ccco3)CC2)C1. The third-order valence-corrected chi connectivity index (χ3v) is 6.73. The number of fused-ring (bicyclic) bond motifs is 1. The van der Waals surface area contributed by atoms with Gasteiger partial charge in [0.2, 0.25) is 0 Å². The number of nitrogens with one attached hydrogen (secondary N) is 1. The van der Waals surface area contributed by atoms with E-state index in [0.29, 0.717) is 12.1 Å². The molecule has 1 fully saturated rings. The van der Waals surface area contributed by atoms with Crippen molar-refractivity contribution in [2.24, 2.45) is 5.41 Å². The van der Waals surface area contributed by atoms with Crippen LogP contribution in [0.3, 0.4) is 0 Å². The van der Waals surface area contributed by atoms with E-state index < -0.39 is 0 Å². The smallest absolute Gasteiger partial charge is 0.123 e. The van der Waals surface area contributed by atoms with Crippen LogP contribution in [-0.2, 0) is 13.0 Å². The van der Waals surface area contributed by atoms with Gasteiger partial charge in [-0.25, -0.2) is 9.07 Å². The second kappa shape index (κ2) is 8.24. The number of halogens is 1. The normalized spacial score (nSPS) is 21.8. The van der Waals surface area contributed by atoms with Crippen LogP contribution in [0.25, 0.3) is 5.69 Å². The summed E-state index contributed by atoms with van der Waals surface area (Å²) in [6, 6.07) is 11.4. The van der Waals surface area contributed by atoms with Gasteiger partial charge in [0.05, 0.1) is 24.7 Å². The summed E-state index contributed by atoms with van der Waals surface area (Å²) in [5.41, 5.74) is 3.64. The minimum absolute atomic E-state index is 0.183. The van der Waals surface area contributed by atoms with Crippen molar-refractivity contribution in [1.29, 1.82) is 0 Å². The average Bonchev–Trinajstić information content (AvgIpc) is 3.39. The lowest BCUT2D eigenvalue weighted by molar-refractivity contribution is 0.161. The predicted octanol–water partition coefficient (Wildman–Crippen LogP) is 4.87. The van der Waals surface area contributed by atoms with Crippen LogP contribution in [0.2, 0.25) is 0 Å². The molecule has 1 atom stereocenters. The summed E-state index contributed by atoms with van der Waals surface area (Å²) < 4.78 is 20.9. The Labute approximate surface area is 183 Å². The van der Waals surface area contributed by atoms with Crippen LogP contribution in [0.4, 0.5) is 4.39 Å². The third kappa shape index (κ3) is 4.46. The Morgan fingerprint density at radius 2 is 1.94 bits per heavy atom. The number of piperidine rings is 1. The van der Waals surface area contributed by atoms with E-state index in [9.17, 15) is 4.39 Å². The van der Waals surface area contributed by atoms with E-state index in [1.807, 2.05) is 16.9 Å². The van der Waals surface area contributed by atoms with Crippen LogP contribution >= 0.6 is 0 Å². The van der Waals surface area contributed by atoms with Gasteiger partial charge in [-0.15, -0.1) is 0 Å². The largest absolute Gasteiger partial charge is 0.468 e. The quantitative estimate of drug-likeness (QED) is 0.637. The van der Waals surface area contributed by atoms with Gasteiger partial charge in [0, 0.05) is 36.4 Å². The molecule has 0 amide bonds. The summed E-state index contributed by atoms with van der Waals surface area (Å²) in [4.78, 5) is 2.47. The number of likely N-dealkylation sites (tertiary alicyclic amines) is 1. The Morgan fingerprint density at radius 1 is 1.16 bits per heavy atom. The molecule has 0 saturated carbocycles. The van der Waals surface area contributed by atoms with Crippen LogP contribution in [0.15, 0.2) is 53.3 Å². The maximum absolute atomic E-state index is 13.4. The number of furan rings is 1. The van der Waals surface area contributed by atoms with Crippen molar-refractivity contribution < 1.29 is 8.81 Å². The molecule has 0 spiro atoms. The Balaban J connectivity index is 1.29. The van der Waals surface area contributed by atoms with Crippen molar-refractivity contribution in [1.82, 2.24) is 20.0 Å². The average molecular weight is 423 g/mol. The highest BCUT2D eigenvalue weighted by Gasteiger charge is 2.36. The van der Waals surface area contributed by atoms with E-state index in [1.165, 1.54) is 23.4 Å². The fraction of sp³-hybridized carbons (Fsp3) is 0.480. The minimum atomic E-state index is -0.219. The Morgan fingerprint density at radius 3 is 2.65 bits per heavy atom. The molecule has 164 valence electrons. The van der Waals surface area contributed by atoms with E-state index in [1.54, 1.807) is 18.4 Å². The fourth-order valence-corrected chi connectivity index (χ4v) is 5.16. The van der Waals surface area contributed by atoms with Crippen molar-refractivity contribution in [2.45, 2.75) is 58.2 Å². The summed E-state index contributed by atoms with van der Waals surface area (Å²) in [7, 11) is 0. The van der Waals surface area contributed by atoms with Crippen molar-refractivity contribution in [3.05, 3.63) is 71.7 Å². The Hall–Kier alpha value is -2.44. The molecule has 0 bridgehead atoms. The van der Waals surface area contributed by atoms with Gasteiger partial charge in [0.15, 0.2) is 0 Å². The summed E-state index contributed by atoms with van der Waals surface area (Å²) in [6.45, 7) is 7.72. The second-order valence-corrected chi connectivity index (χ2v) is 9.83. The van der Waals surface area contributed by atoms with Gasteiger partial charge in [0.1, 0.15) is 11.6 Å². The first-order chi connectivity index (χ1) is 15.0. The number of rotatable bonds is 5. The van der Waals surface area contributed by atoms with Gasteiger partial charge >= 0.3 is 0 Å². The fourth-order valence-electron chi connectivity index (χ4n) is 5.16. The summed E-state index contributed by atoms with van der Waals surface area (Å²) in [5.74, 6) is 0.821. The van der Waals surface area contributed by atoms with Gasteiger partial charge < -0.3 is 9.73 Å². The van der Waals surface area contributed by atoms with Crippen LogP contribution in [0.5, 0.6) is 0 Å². The van der Waals surface area contributed by atoms with Crippen LogP contribution < -0.4 is 5.32 Å². The number of benzene rings is 1. The van der Waals surface area contributed by atoms with E-state index in [4.69, 9.17) is 9.52 Å². The molecule has 2 aliphatic rings. The number of hydrogen-bond acceptors (Lipinski definition) is 4. The lowest BCUT2D eigenvalue weighted by atomic mass is 9.74. The standard InChI is InChI=1S/C25H31FN4O/c1-25(2)14-23(28-19-9-11-29(12-10-19)17-21-4-3-13-31-21)22-16-27-30(24(22)15-25)20-7-5-18(26)6-8-20/h3-8,13,16,19,23,28H,9-12,14-15,17H2,1-2H3/t23-/m0/s1. The zero-order chi connectivity index (χ0) is 21.4. The molecule has 31 heavy (non-hydrogen) atoms. The molecule has 1 aromatic carbocycles. The molecule has 1 N–H and O–H groups in total. The maximum atomic E-state index is 13.4. The third-order valence-electron chi connectivity index (χ3n) is 6.73. The lowest BCUT2D eigenvalue weighted by Crippen LogP contribution is -2.45. The van der Waals surface area contributed by atoms with E-state index >= 15 is 0 Å². The molecular formula is C25H31FN4O. The predicted molar refractivity (Wildman–Crippen MR) is 119 cm³/mol. The van der Waals surface area contributed by atoms with Crippen molar-refractivity contribution in [3.63, 3.8) is 0 Å². The highest BCUT2D eigenvalue weighted by molar-refractivity contribution is 5.38. The van der Waals surface area contributed by atoms with Crippen molar-refractivity contribution >= 4 is 0 Å². The molecule has 3 heterocycles. The molecule has 2 aromatic heterocycles. The van der Waals surface area contributed by atoms with Gasteiger partial charge in [-0.05, 0) is 67.5 Å². The van der Waals surface area contributed by atoms with Crippen molar-refractivity contribution in [2.75, 3.05) is 13.1 Å². The number of aromatic nitrogens is 2. The van der Waals surface area contributed by atoms with Gasteiger partial charge in [-0.1, -0.05) is 13.8 Å². The molecule has 5 nitrogen and oxygen atoms in total. The monoisotopic (exact) mass is 422 g/mol. The number of nitrogens with zero attached hydrogens (tertiary/aromatic N) is 3. The first kappa shape index (κ1) is 20.5. The Bertz CT molecular complexity index is 1000. The van der Waals surface area contributed by atoms with Gasteiger partial charge in [0.25, 0.3) is 0 Å². The molecule has 5 rings (SSSR count). The Kier molecular flexibility index (Phi) is 5.44. The van der Waals surface area contributed by atoms with Gasteiger partial charge in [-0.2, -0.15) is 5.10 Å². The summed E-state index contributed by atoms with van der Waals surface area (Å²) >= 11 is 0. The molecule has 1 saturated heterocycles. The van der Waals surface area contributed by atoms with Crippen LogP contribution in [0.1, 0.15) is 56.2 Å². The molecule has 1 aliphatic carbocycles. The van der Waals surface area contributed by atoms with E-state index in [-0.39, 0.29) is 11.2 Å². The highest BCUT2D eigenvalue weighted by Crippen LogP contribution is 2.42. The highest BCUT2D eigenvalue weighted by atomic mass is 19.1.